The Kier molecular flexibility index (Phi) is 8.02. The van der Waals surface area contributed by atoms with E-state index in [9.17, 15) is 0 Å². The van der Waals surface area contributed by atoms with Gasteiger partial charge in [-0.2, -0.15) is 4.98 Å². The Hall–Kier alpha value is -2.85. The Bertz CT molecular complexity index is 899. The number of anilines is 3. The van der Waals surface area contributed by atoms with Crippen LogP contribution in [0.25, 0.3) is 0 Å². The average molecular weight is 395 g/mol. The molecule has 2 rings (SSSR count). The molecule has 0 atom stereocenters. The largest absolute Gasteiger partial charge is 0.354 e. The third kappa shape index (κ3) is 5.57. The van der Waals surface area contributed by atoms with Crippen LogP contribution in [0.3, 0.4) is 0 Å². The second-order valence-electron chi connectivity index (χ2n) is 6.36. The van der Waals surface area contributed by atoms with Gasteiger partial charge in [-0.15, -0.1) is 0 Å². The van der Waals surface area contributed by atoms with Gasteiger partial charge in [0.25, 0.3) is 0 Å². The molecule has 0 spiro atoms. The highest BCUT2D eigenvalue weighted by molar-refractivity contribution is 6.33. The minimum atomic E-state index is 0.464. The summed E-state index contributed by atoms with van der Waals surface area (Å²) in [5.41, 5.74) is 4.49. The van der Waals surface area contributed by atoms with Gasteiger partial charge in [-0.25, -0.2) is 4.98 Å². The summed E-state index contributed by atoms with van der Waals surface area (Å²) in [7, 11) is 0. The summed E-state index contributed by atoms with van der Waals surface area (Å²) >= 11 is 6.40. The maximum atomic E-state index is 6.40. The van der Waals surface area contributed by atoms with Gasteiger partial charge in [0.1, 0.15) is 5.02 Å². The zero-order valence-corrected chi connectivity index (χ0v) is 17.5. The standard InChI is InChI=1S/C23H27ClN4/c1-6-9-19(10-7-2)13-14-25-23-26-16-20(24)22(27-23)28(8-3)21-12-11-17(4)15-18(21)5/h6-12,15-16H,1,3,13-14H2,2,4-5H3,(H,25,26,27)/b10-7-,19-9+. The molecule has 0 aliphatic rings. The van der Waals surface area contributed by atoms with Crippen molar-refractivity contribution in [3.05, 3.63) is 89.8 Å². The molecular formula is C23H27ClN4. The van der Waals surface area contributed by atoms with E-state index in [4.69, 9.17) is 11.6 Å². The number of benzene rings is 1. The van der Waals surface area contributed by atoms with Crippen LogP contribution >= 0.6 is 11.6 Å². The second kappa shape index (κ2) is 10.5. The van der Waals surface area contributed by atoms with Crippen molar-refractivity contribution in [2.75, 3.05) is 16.8 Å². The van der Waals surface area contributed by atoms with Crippen molar-refractivity contribution in [2.45, 2.75) is 27.2 Å². The monoisotopic (exact) mass is 394 g/mol. The van der Waals surface area contributed by atoms with Gasteiger partial charge in [0.05, 0.1) is 6.20 Å². The van der Waals surface area contributed by atoms with E-state index >= 15 is 0 Å². The van der Waals surface area contributed by atoms with Crippen molar-refractivity contribution in [1.29, 1.82) is 0 Å². The average Bonchev–Trinajstić information content (AvgIpc) is 2.66. The van der Waals surface area contributed by atoms with Gasteiger partial charge in [-0.3, -0.25) is 0 Å². The highest BCUT2D eigenvalue weighted by Crippen LogP contribution is 2.33. The normalized spacial score (nSPS) is 11.5. The quantitative estimate of drug-likeness (QED) is 0.491. The molecule has 0 amide bonds. The molecule has 4 nitrogen and oxygen atoms in total. The number of nitrogens with zero attached hydrogens (tertiary/aromatic N) is 3. The number of rotatable bonds is 9. The smallest absolute Gasteiger partial charge is 0.224 e. The molecule has 5 heteroatoms. The Balaban J connectivity index is 2.23. The molecule has 146 valence electrons. The Morgan fingerprint density at radius 1 is 1.29 bits per heavy atom. The molecule has 1 aromatic carbocycles. The second-order valence-corrected chi connectivity index (χ2v) is 6.77. The number of aromatic nitrogens is 2. The van der Waals surface area contributed by atoms with E-state index in [2.05, 4.69) is 60.5 Å². The topological polar surface area (TPSA) is 41.1 Å². The van der Waals surface area contributed by atoms with Crippen LogP contribution in [0.1, 0.15) is 24.5 Å². The minimum absolute atomic E-state index is 0.464. The van der Waals surface area contributed by atoms with E-state index in [0.29, 0.717) is 23.3 Å². The van der Waals surface area contributed by atoms with E-state index in [0.717, 1.165) is 17.7 Å². The van der Waals surface area contributed by atoms with Gasteiger partial charge in [0.2, 0.25) is 5.95 Å². The summed E-state index contributed by atoms with van der Waals surface area (Å²) in [6.45, 7) is 14.5. The maximum absolute atomic E-state index is 6.40. The van der Waals surface area contributed by atoms with E-state index in [-0.39, 0.29) is 0 Å². The van der Waals surface area contributed by atoms with Gasteiger partial charge >= 0.3 is 0 Å². The molecule has 0 saturated carbocycles. The Morgan fingerprint density at radius 3 is 2.71 bits per heavy atom. The van der Waals surface area contributed by atoms with Gasteiger partial charge in [-0.1, -0.05) is 66.8 Å². The number of nitrogens with one attached hydrogen (secondary N) is 1. The molecule has 0 saturated heterocycles. The first-order chi connectivity index (χ1) is 13.5. The molecule has 28 heavy (non-hydrogen) atoms. The van der Waals surface area contributed by atoms with E-state index in [1.165, 1.54) is 11.1 Å². The lowest BCUT2D eigenvalue weighted by Gasteiger charge is -2.23. The zero-order chi connectivity index (χ0) is 20.5. The summed E-state index contributed by atoms with van der Waals surface area (Å²) in [6, 6.07) is 6.22. The van der Waals surface area contributed by atoms with Crippen LogP contribution in [-0.2, 0) is 0 Å². The minimum Gasteiger partial charge on any atom is -0.354 e. The van der Waals surface area contributed by atoms with Gasteiger partial charge < -0.3 is 10.2 Å². The predicted molar refractivity (Wildman–Crippen MR) is 121 cm³/mol. The third-order valence-corrected chi connectivity index (χ3v) is 4.42. The lowest BCUT2D eigenvalue weighted by atomic mass is 10.1. The van der Waals surface area contributed by atoms with Crippen LogP contribution in [0.2, 0.25) is 5.02 Å². The molecule has 0 aliphatic carbocycles. The number of hydrogen-bond donors (Lipinski definition) is 1. The van der Waals surface area contributed by atoms with Crippen molar-refractivity contribution in [2.24, 2.45) is 0 Å². The Morgan fingerprint density at radius 2 is 2.07 bits per heavy atom. The fraction of sp³-hybridized carbons (Fsp3) is 0.217. The fourth-order valence-corrected chi connectivity index (χ4v) is 3.08. The molecule has 0 bridgehead atoms. The number of halogens is 1. The van der Waals surface area contributed by atoms with E-state index < -0.39 is 0 Å². The summed E-state index contributed by atoms with van der Waals surface area (Å²) in [6.07, 6.45) is 12.0. The molecule has 0 aliphatic heterocycles. The van der Waals surface area contributed by atoms with Crippen LogP contribution in [0.4, 0.5) is 17.5 Å². The van der Waals surface area contributed by atoms with Gasteiger partial charge in [0.15, 0.2) is 5.82 Å². The lowest BCUT2D eigenvalue weighted by Crippen LogP contribution is -2.14. The summed E-state index contributed by atoms with van der Waals surface area (Å²) < 4.78 is 0. The van der Waals surface area contributed by atoms with E-state index in [1.54, 1.807) is 18.5 Å². The van der Waals surface area contributed by atoms with Crippen molar-refractivity contribution in [3.8, 4) is 0 Å². The lowest BCUT2D eigenvalue weighted by molar-refractivity contribution is 0.982. The molecule has 1 aromatic heterocycles. The first-order valence-corrected chi connectivity index (χ1v) is 9.57. The highest BCUT2D eigenvalue weighted by atomic mass is 35.5. The van der Waals surface area contributed by atoms with Gasteiger partial charge in [0, 0.05) is 18.4 Å². The molecule has 0 radical (unpaired) electrons. The van der Waals surface area contributed by atoms with Crippen LogP contribution in [0.15, 0.2) is 73.6 Å². The molecule has 0 unspecified atom stereocenters. The predicted octanol–water partition coefficient (Wildman–Crippen LogP) is 6.52. The number of hydrogen-bond acceptors (Lipinski definition) is 4. The fourth-order valence-electron chi connectivity index (χ4n) is 2.89. The molecule has 1 N–H and O–H groups in total. The summed E-state index contributed by atoms with van der Waals surface area (Å²) in [5.74, 6) is 1.12. The first kappa shape index (κ1) is 21.5. The van der Waals surface area contributed by atoms with Crippen LogP contribution < -0.4 is 10.2 Å². The molecular weight excluding hydrogens is 368 g/mol. The van der Waals surface area contributed by atoms with Crippen molar-refractivity contribution in [1.82, 2.24) is 9.97 Å². The van der Waals surface area contributed by atoms with Crippen LogP contribution in [-0.4, -0.2) is 16.5 Å². The SMILES string of the molecule is C=C/C=C(\C=C/C)CCNc1ncc(Cl)c(N(C=C)c2ccc(C)cc2C)n1. The number of aryl methyl sites for hydroxylation is 2. The van der Waals surface area contributed by atoms with E-state index in [1.807, 2.05) is 30.0 Å². The van der Waals surface area contributed by atoms with Crippen LogP contribution in [0, 0.1) is 13.8 Å². The zero-order valence-electron chi connectivity index (χ0n) is 16.7. The highest BCUT2D eigenvalue weighted by Gasteiger charge is 2.15. The van der Waals surface area contributed by atoms with Crippen molar-refractivity contribution >= 4 is 29.1 Å². The Labute approximate surface area is 173 Å². The summed E-state index contributed by atoms with van der Waals surface area (Å²) in [5, 5.41) is 3.73. The maximum Gasteiger partial charge on any atom is 0.224 e. The summed E-state index contributed by atoms with van der Waals surface area (Å²) in [4.78, 5) is 10.8. The molecule has 1 heterocycles. The molecule has 2 aromatic rings. The molecule has 0 fully saturated rings. The first-order valence-electron chi connectivity index (χ1n) is 9.20. The third-order valence-electron chi connectivity index (χ3n) is 4.16. The van der Waals surface area contributed by atoms with Crippen molar-refractivity contribution < 1.29 is 0 Å². The van der Waals surface area contributed by atoms with Gasteiger partial charge in [-0.05, 0) is 44.4 Å². The van der Waals surface area contributed by atoms with Crippen LogP contribution in [0.5, 0.6) is 0 Å². The number of allylic oxidation sites excluding steroid dienone is 4. The van der Waals surface area contributed by atoms with Crippen molar-refractivity contribution in [3.63, 3.8) is 0 Å².